The van der Waals surface area contributed by atoms with E-state index in [4.69, 9.17) is 27.6 Å². The minimum Gasteiger partial charge on any atom is -0.410 e. The molecule has 0 N–H and O–H groups in total. The van der Waals surface area contributed by atoms with E-state index >= 15 is 0 Å². The summed E-state index contributed by atoms with van der Waals surface area (Å²) >= 11 is 13.0. The van der Waals surface area contributed by atoms with Crippen LogP contribution >= 0.6 is 23.2 Å². The lowest BCUT2D eigenvalue weighted by Gasteiger charge is -2.35. The first-order chi connectivity index (χ1) is 12.9. The Morgan fingerprint density at radius 1 is 1.11 bits per heavy atom. The highest BCUT2D eigenvalue weighted by Crippen LogP contribution is 2.39. The Kier molecular flexibility index (Phi) is 9.56. The number of aromatic nitrogens is 1. The molecule has 0 radical (unpaired) electrons. The smallest absolute Gasteiger partial charge is 0.192 e. The maximum absolute atomic E-state index is 6.87. The molecule has 1 aliphatic rings. The average Bonchev–Trinajstić information content (AvgIpc) is 2.67. The van der Waals surface area contributed by atoms with Crippen molar-refractivity contribution in [3.8, 4) is 0 Å². The number of rotatable bonds is 10. The van der Waals surface area contributed by atoms with Crippen LogP contribution in [0, 0.1) is 5.92 Å². The third kappa shape index (κ3) is 6.43. The molecule has 0 aromatic carbocycles. The Morgan fingerprint density at radius 3 is 2.19 bits per heavy atom. The predicted octanol–water partition coefficient (Wildman–Crippen LogP) is 6.96. The number of halogens is 2. The Hall–Kier alpha value is -0.133. The molecular weight excluding hydrogens is 395 g/mol. The van der Waals surface area contributed by atoms with E-state index in [-0.39, 0.29) is 6.10 Å². The quantitative estimate of drug-likeness (QED) is 0.374. The van der Waals surface area contributed by atoms with Gasteiger partial charge in [-0.05, 0) is 63.4 Å². The minimum absolute atomic E-state index is 0.00854. The molecule has 27 heavy (non-hydrogen) atoms. The van der Waals surface area contributed by atoms with E-state index in [1.54, 1.807) is 12.4 Å². The summed E-state index contributed by atoms with van der Waals surface area (Å²) in [5.74, 6) is 0.843. The van der Waals surface area contributed by atoms with Crippen LogP contribution in [0.15, 0.2) is 12.4 Å². The van der Waals surface area contributed by atoms with E-state index in [0.717, 1.165) is 42.5 Å². The van der Waals surface area contributed by atoms with Crippen molar-refractivity contribution in [3.63, 3.8) is 0 Å². The van der Waals surface area contributed by atoms with Gasteiger partial charge in [0.2, 0.25) is 0 Å². The first-order valence-corrected chi connectivity index (χ1v) is 13.9. The molecule has 1 atom stereocenters. The van der Waals surface area contributed by atoms with Gasteiger partial charge in [0, 0.05) is 18.0 Å². The van der Waals surface area contributed by atoms with Crippen molar-refractivity contribution in [2.24, 2.45) is 5.92 Å². The summed E-state index contributed by atoms with van der Waals surface area (Å²) in [6.07, 6.45) is 9.44. The number of hydrogen-bond donors (Lipinski definition) is 0. The van der Waals surface area contributed by atoms with Crippen LogP contribution in [0.3, 0.4) is 0 Å². The van der Waals surface area contributed by atoms with Gasteiger partial charge in [-0.25, -0.2) is 0 Å². The highest BCUT2D eigenvalue weighted by Gasteiger charge is 2.34. The van der Waals surface area contributed by atoms with Gasteiger partial charge in [-0.15, -0.1) is 0 Å². The fourth-order valence-electron chi connectivity index (χ4n) is 4.24. The van der Waals surface area contributed by atoms with Crippen molar-refractivity contribution in [1.29, 1.82) is 0 Å². The normalized spacial score (nSPS) is 18.0. The van der Waals surface area contributed by atoms with Crippen LogP contribution in [0.1, 0.15) is 64.5 Å². The van der Waals surface area contributed by atoms with E-state index in [1.807, 2.05) is 0 Å². The zero-order chi connectivity index (χ0) is 19.9. The molecule has 0 bridgehead atoms. The van der Waals surface area contributed by atoms with Crippen LogP contribution in [0.2, 0.25) is 28.2 Å². The lowest BCUT2D eigenvalue weighted by Crippen LogP contribution is -2.37. The van der Waals surface area contributed by atoms with E-state index < -0.39 is 8.32 Å². The fourth-order valence-corrected chi connectivity index (χ4v) is 7.68. The molecule has 1 aromatic heterocycles. The van der Waals surface area contributed by atoms with Crippen molar-refractivity contribution < 1.29 is 4.43 Å². The van der Waals surface area contributed by atoms with Crippen molar-refractivity contribution >= 4 is 31.5 Å². The van der Waals surface area contributed by atoms with E-state index in [2.05, 4.69) is 37.7 Å². The second-order valence-corrected chi connectivity index (χ2v) is 13.6. The molecule has 154 valence electrons. The summed E-state index contributed by atoms with van der Waals surface area (Å²) < 4.78 is 6.87. The highest BCUT2D eigenvalue weighted by atomic mass is 35.5. The third-order valence-corrected chi connectivity index (χ3v) is 11.7. The van der Waals surface area contributed by atoms with Gasteiger partial charge in [-0.1, -0.05) is 56.8 Å². The standard InChI is InChI=1S/C21H36Cl2N2OSi/c1-5-27(6-2,7-3)26-20(21-18(22)15-24-16-19(21)23)10-8-9-17-11-13-25(4)14-12-17/h15-17,20H,5-14H2,1-4H3. The Labute approximate surface area is 176 Å². The molecular formula is C21H36Cl2N2OSi. The number of hydrogen-bond acceptors (Lipinski definition) is 3. The van der Waals surface area contributed by atoms with Gasteiger partial charge in [0.1, 0.15) is 0 Å². The summed E-state index contributed by atoms with van der Waals surface area (Å²) in [5.41, 5.74) is 0.948. The van der Waals surface area contributed by atoms with Crippen molar-refractivity contribution in [1.82, 2.24) is 9.88 Å². The fraction of sp³-hybridized carbons (Fsp3) is 0.762. The van der Waals surface area contributed by atoms with Crippen LogP contribution in [-0.2, 0) is 4.43 Å². The monoisotopic (exact) mass is 430 g/mol. The molecule has 0 saturated carbocycles. The Bertz CT molecular complexity index is 547. The zero-order valence-electron chi connectivity index (χ0n) is 17.4. The van der Waals surface area contributed by atoms with Gasteiger partial charge in [0.25, 0.3) is 0 Å². The van der Waals surface area contributed by atoms with Crippen LogP contribution in [0.5, 0.6) is 0 Å². The molecule has 3 nitrogen and oxygen atoms in total. The first kappa shape index (κ1) is 23.1. The lowest BCUT2D eigenvalue weighted by molar-refractivity contribution is 0.164. The molecule has 0 amide bonds. The van der Waals surface area contributed by atoms with E-state index in [1.165, 1.54) is 32.4 Å². The van der Waals surface area contributed by atoms with Crippen molar-refractivity contribution in [2.75, 3.05) is 20.1 Å². The van der Waals surface area contributed by atoms with Gasteiger partial charge in [0.05, 0.1) is 16.1 Å². The van der Waals surface area contributed by atoms with Gasteiger partial charge >= 0.3 is 0 Å². The molecule has 1 fully saturated rings. The number of pyridine rings is 1. The lowest BCUT2D eigenvalue weighted by atomic mass is 9.90. The Balaban J connectivity index is 2.10. The van der Waals surface area contributed by atoms with Crippen LogP contribution in [0.25, 0.3) is 0 Å². The topological polar surface area (TPSA) is 25.4 Å². The van der Waals surface area contributed by atoms with E-state index in [0.29, 0.717) is 10.0 Å². The van der Waals surface area contributed by atoms with Gasteiger partial charge in [-0.2, -0.15) is 0 Å². The van der Waals surface area contributed by atoms with Crippen LogP contribution < -0.4 is 0 Å². The van der Waals surface area contributed by atoms with Crippen molar-refractivity contribution in [2.45, 2.75) is 77.1 Å². The maximum Gasteiger partial charge on any atom is 0.192 e. The molecule has 2 heterocycles. The molecule has 0 aliphatic carbocycles. The predicted molar refractivity (Wildman–Crippen MR) is 119 cm³/mol. The third-order valence-electron chi connectivity index (χ3n) is 6.45. The molecule has 1 saturated heterocycles. The molecule has 0 spiro atoms. The SMILES string of the molecule is CC[Si](CC)(CC)OC(CCCC1CCN(C)CC1)c1c(Cl)cncc1Cl. The second-order valence-electron chi connectivity index (χ2n) is 8.04. The summed E-state index contributed by atoms with van der Waals surface area (Å²) in [6.45, 7) is 9.26. The molecule has 2 rings (SSSR count). The van der Waals surface area contributed by atoms with Crippen molar-refractivity contribution in [3.05, 3.63) is 28.0 Å². The summed E-state index contributed by atoms with van der Waals surface area (Å²) in [4.78, 5) is 6.57. The molecule has 1 aromatic rings. The van der Waals surface area contributed by atoms with E-state index in [9.17, 15) is 0 Å². The average molecular weight is 432 g/mol. The highest BCUT2D eigenvalue weighted by molar-refractivity contribution is 6.73. The molecule has 1 unspecified atom stereocenters. The van der Waals surface area contributed by atoms with Crippen LogP contribution in [0.4, 0.5) is 0 Å². The number of piperidine rings is 1. The number of nitrogens with zero attached hydrogens (tertiary/aromatic N) is 2. The van der Waals surface area contributed by atoms with Gasteiger partial charge < -0.3 is 9.33 Å². The van der Waals surface area contributed by atoms with Gasteiger partial charge in [-0.3, -0.25) is 4.98 Å². The van der Waals surface area contributed by atoms with Crippen LogP contribution in [-0.4, -0.2) is 38.3 Å². The maximum atomic E-state index is 6.87. The Morgan fingerprint density at radius 2 is 1.67 bits per heavy atom. The first-order valence-electron chi connectivity index (χ1n) is 10.6. The largest absolute Gasteiger partial charge is 0.410 e. The molecule has 1 aliphatic heterocycles. The minimum atomic E-state index is -1.75. The summed E-state index contributed by atoms with van der Waals surface area (Å²) in [6, 6.07) is 3.39. The summed E-state index contributed by atoms with van der Waals surface area (Å²) in [5, 5.41) is 1.27. The van der Waals surface area contributed by atoms with Gasteiger partial charge in [0.15, 0.2) is 8.32 Å². The second kappa shape index (κ2) is 11.2. The molecule has 6 heteroatoms. The zero-order valence-corrected chi connectivity index (χ0v) is 20.0. The summed E-state index contributed by atoms with van der Waals surface area (Å²) in [7, 11) is 0.468. The number of likely N-dealkylation sites (tertiary alicyclic amines) is 1.